The molecular formula is C13H12ClFN2O2S. The number of rotatable bonds is 3. The van der Waals surface area contributed by atoms with E-state index in [0.29, 0.717) is 5.56 Å². The summed E-state index contributed by atoms with van der Waals surface area (Å²) < 4.78 is 40.4. The first kappa shape index (κ1) is 14.6. The lowest BCUT2D eigenvalue weighted by molar-refractivity contribution is 0.571. The molecule has 7 heteroatoms. The van der Waals surface area contributed by atoms with Gasteiger partial charge in [-0.1, -0.05) is 23.7 Å². The number of para-hydroxylation sites is 1. The minimum atomic E-state index is -4.07. The number of hydrogen-bond acceptors (Lipinski definition) is 3. The fraction of sp³-hybridized carbons (Fsp3) is 0.0769. The Morgan fingerprint density at radius 1 is 1.25 bits per heavy atom. The van der Waals surface area contributed by atoms with Gasteiger partial charge in [0.05, 0.1) is 10.7 Å². The first-order valence-corrected chi connectivity index (χ1v) is 7.50. The zero-order valence-corrected chi connectivity index (χ0v) is 12.1. The predicted octanol–water partition coefficient (Wildman–Crippen LogP) is 3.17. The Bertz CT molecular complexity index is 743. The Kier molecular flexibility index (Phi) is 3.87. The maximum absolute atomic E-state index is 13.7. The Balaban J connectivity index is 2.46. The van der Waals surface area contributed by atoms with Gasteiger partial charge in [-0.15, -0.1) is 0 Å². The van der Waals surface area contributed by atoms with E-state index >= 15 is 0 Å². The molecular weight excluding hydrogens is 303 g/mol. The van der Waals surface area contributed by atoms with Crippen LogP contribution in [0.15, 0.2) is 41.3 Å². The van der Waals surface area contributed by atoms with Crippen LogP contribution in [0.1, 0.15) is 5.56 Å². The van der Waals surface area contributed by atoms with Crippen molar-refractivity contribution in [3.05, 3.63) is 52.8 Å². The van der Waals surface area contributed by atoms with Crippen LogP contribution in [-0.4, -0.2) is 8.42 Å². The molecule has 2 rings (SSSR count). The van der Waals surface area contributed by atoms with Gasteiger partial charge >= 0.3 is 0 Å². The Morgan fingerprint density at radius 2 is 1.95 bits per heavy atom. The van der Waals surface area contributed by atoms with E-state index in [1.54, 1.807) is 25.1 Å². The number of nitrogens with one attached hydrogen (secondary N) is 1. The molecule has 0 aliphatic carbocycles. The molecule has 0 bridgehead atoms. The lowest BCUT2D eigenvalue weighted by Gasteiger charge is -2.12. The third kappa shape index (κ3) is 2.86. The summed E-state index contributed by atoms with van der Waals surface area (Å²) in [6.45, 7) is 1.70. The van der Waals surface area contributed by atoms with Crippen molar-refractivity contribution in [2.75, 3.05) is 10.5 Å². The van der Waals surface area contributed by atoms with Gasteiger partial charge in [0.1, 0.15) is 10.7 Å². The topological polar surface area (TPSA) is 72.2 Å². The fourth-order valence-electron chi connectivity index (χ4n) is 1.69. The van der Waals surface area contributed by atoms with E-state index in [4.69, 9.17) is 17.3 Å². The summed E-state index contributed by atoms with van der Waals surface area (Å²) in [7, 11) is -4.07. The second-order valence-corrected chi connectivity index (χ2v) is 6.29. The molecule has 0 saturated heterocycles. The average molecular weight is 315 g/mol. The van der Waals surface area contributed by atoms with Crippen LogP contribution in [0.3, 0.4) is 0 Å². The number of sulfonamides is 1. The van der Waals surface area contributed by atoms with Crippen molar-refractivity contribution in [3.63, 3.8) is 0 Å². The second-order valence-electron chi connectivity index (χ2n) is 4.23. The van der Waals surface area contributed by atoms with Crippen molar-refractivity contribution in [3.8, 4) is 0 Å². The summed E-state index contributed by atoms with van der Waals surface area (Å²) in [6, 6.07) is 8.32. The van der Waals surface area contributed by atoms with Crippen LogP contribution in [0.5, 0.6) is 0 Å². The van der Waals surface area contributed by atoms with E-state index in [1.165, 1.54) is 6.07 Å². The van der Waals surface area contributed by atoms with E-state index < -0.39 is 20.7 Å². The van der Waals surface area contributed by atoms with Crippen LogP contribution in [0.25, 0.3) is 0 Å². The summed E-state index contributed by atoms with van der Waals surface area (Å²) in [5, 5.41) is 0.240. The molecule has 0 amide bonds. The molecule has 2 aromatic carbocycles. The molecule has 0 aromatic heterocycles. The third-order valence-corrected chi connectivity index (χ3v) is 4.40. The third-order valence-electron chi connectivity index (χ3n) is 2.70. The van der Waals surface area contributed by atoms with Crippen LogP contribution >= 0.6 is 11.6 Å². The van der Waals surface area contributed by atoms with Crippen LogP contribution in [0.2, 0.25) is 5.02 Å². The maximum Gasteiger partial charge on any atom is 0.264 e. The number of halogens is 2. The van der Waals surface area contributed by atoms with E-state index in [-0.39, 0.29) is 16.4 Å². The normalized spacial score (nSPS) is 11.3. The molecule has 0 saturated carbocycles. The average Bonchev–Trinajstić information content (AvgIpc) is 2.33. The molecule has 0 atom stereocenters. The minimum Gasteiger partial charge on any atom is -0.399 e. The lowest BCUT2D eigenvalue weighted by atomic mass is 10.2. The standard InChI is InChI=1S/C13H12ClFN2O2S/c1-8-3-2-4-10(14)13(8)17-20(18,19)12-6-5-9(16)7-11(12)15/h2-7,17H,16H2,1H3. The van der Waals surface area contributed by atoms with Crippen LogP contribution < -0.4 is 10.5 Å². The van der Waals surface area contributed by atoms with Gasteiger partial charge in [-0.25, -0.2) is 12.8 Å². The van der Waals surface area contributed by atoms with Crippen molar-refractivity contribution in [1.82, 2.24) is 0 Å². The van der Waals surface area contributed by atoms with Crippen molar-refractivity contribution < 1.29 is 12.8 Å². The predicted molar refractivity (Wildman–Crippen MR) is 77.8 cm³/mol. The zero-order valence-electron chi connectivity index (χ0n) is 10.5. The molecule has 0 spiro atoms. The quantitative estimate of drug-likeness (QED) is 0.855. The summed E-state index contributed by atoms with van der Waals surface area (Å²) in [5.41, 5.74) is 6.41. The van der Waals surface area contributed by atoms with E-state index in [1.807, 2.05) is 0 Å². The highest BCUT2D eigenvalue weighted by Crippen LogP contribution is 2.28. The monoisotopic (exact) mass is 314 g/mol. The molecule has 0 unspecified atom stereocenters. The van der Waals surface area contributed by atoms with Gasteiger partial charge in [-0.2, -0.15) is 0 Å². The SMILES string of the molecule is Cc1cccc(Cl)c1NS(=O)(=O)c1ccc(N)cc1F. The zero-order chi connectivity index (χ0) is 14.9. The van der Waals surface area contributed by atoms with Crippen molar-refractivity contribution in [2.24, 2.45) is 0 Å². The van der Waals surface area contributed by atoms with Crippen LogP contribution in [-0.2, 0) is 10.0 Å². The van der Waals surface area contributed by atoms with Crippen molar-refractivity contribution >= 4 is 33.0 Å². The largest absolute Gasteiger partial charge is 0.399 e. The van der Waals surface area contributed by atoms with Gasteiger partial charge in [0.25, 0.3) is 10.0 Å². The Hall–Kier alpha value is -1.79. The lowest BCUT2D eigenvalue weighted by Crippen LogP contribution is -2.15. The first-order valence-electron chi connectivity index (χ1n) is 5.64. The fourth-order valence-corrected chi connectivity index (χ4v) is 3.22. The number of anilines is 2. The molecule has 2 aromatic rings. The molecule has 4 nitrogen and oxygen atoms in total. The molecule has 0 aliphatic rings. The van der Waals surface area contributed by atoms with Crippen molar-refractivity contribution in [2.45, 2.75) is 11.8 Å². The smallest absolute Gasteiger partial charge is 0.264 e. The molecule has 0 radical (unpaired) electrons. The van der Waals surface area contributed by atoms with Crippen LogP contribution in [0.4, 0.5) is 15.8 Å². The van der Waals surface area contributed by atoms with Crippen LogP contribution in [0, 0.1) is 12.7 Å². The molecule has 20 heavy (non-hydrogen) atoms. The molecule has 0 heterocycles. The highest BCUT2D eigenvalue weighted by atomic mass is 35.5. The highest BCUT2D eigenvalue weighted by Gasteiger charge is 2.21. The van der Waals surface area contributed by atoms with Gasteiger partial charge in [0.15, 0.2) is 0 Å². The van der Waals surface area contributed by atoms with Gasteiger partial charge in [0.2, 0.25) is 0 Å². The molecule has 0 fully saturated rings. The number of nitrogens with two attached hydrogens (primary N) is 1. The second kappa shape index (κ2) is 5.30. The molecule has 3 N–H and O–H groups in total. The summed E-state index contributed by atoms with van der Waals surface area (Å²) in [5.74, 6) is -0.915. The molecule has 0 aliphatic heterocycles. The van der Waals surface area contributed by atoms with Gasteiger partial charge < -0.3 is 5.73 Å². The number of hydrogen-bond donors (Lipinski definition) is 2. The van der Waals surface area contributed by atoms with Crippen molar-refractivity contribution in [1.29, 1.82) is 0 Å². The van der Waals surface area contributed by atoms with Gasteiger partial charge in [0, 0.05) is 5.69 Å². The minimum absolute atomic E-state index is 0.148. The van der Waals surface area contributed by atoms with E-state index in [0.717, 1.165) is 12.1 Å². The number of nitrogen functional groups attached to an aromatic ring is 1. The highest BCUT2D eigenvalue weighted by molar-refractivity contribution is 7.92. The maximum atomic E-state index is 13.7. The number of aryl methyl sites for hydroxylation is 1. The Morgan fingerprint density at radius 3 is 2.55 bits per heavy atom. The van der Waals surface area contributed by atoms with Gasteiger partial charge in [-0.05, 0) is 36.8 Å². The summed E-state index contributed by atoms with van der Waals surface area (Å²) in [4.78, 5) is -0.481. The van der Waals surface area contributed by atoms with E-state index in [9.17, 15) is 12.8 Å². The summed E-state index contributed by atoms with van der Waals surface area (Å²) >= 11 is 5.95. The number of benzene rings is 2. The van der Waals surface area contributed by atoms with E-state index in [2.05, 4.69) is 4.72 Å². The Labute approximate surface area is 121 Å². The summed E-state index contributed by atoms with van der Waals surface area (Å²) in [6.07, 6.45) is 0. The first-order chi connectivity index (χ1) is 9.31. The van der Waals surface area contributed by atoms with Gasteiger partial charge in [-0.3, -0.25) is 4.72 Å². The molecule has 106 valence electrons.